The van der Waals surface area contributed by atoms with Crippen molar-refractivity contribution in [2.75, 3.05) is 38.5 Å². The number of nitrogens with zero attached hydrogens (tertiary/aromatic N) is 3. The van der Waals surface area contributed by atoms with Crippen LogP contribution in [-0.2, 0) is 10.0 Å². The number of nitrogens with two attached hydrogens (primary N) is 1. The average Bonchev–Trinajstić information content (AvgIpc) is 2.39. The molecule has 0 aromatic carbocycles. The number of anilines is 1. The van der Waals surface area contributed by atoms with E-state index >= 15 is 0 Å². The van der Waals surface area contributed by atoms with Crippen LogP contribution in [0.4, 0.5) is 5.69 Å². The topological polar surface area (TPSA) is 79.5 Å². The molecule has 1 aromatic rings. The summed E-state index contributed by atoms with van der Waals surface area (Å²) in [7, 11) is -3.55. The number of aromatic nitrogens is 1. The van der Waals surface area contributed by atoms with Crippen molar-refractivity contribution in [1.29, 1.82) is 0 Å². The highest BCUT2D eigenvalue weighted by atomic mass is 32.2. The Morgan fingerprint density at radius 2 is 2.00 bits per heavy atom. The summed E-state index contributed by atoms with van der Waals surface area (Å²) in [6.07, 6.45) is 1.45. The van der Waals surface area contributed by atoms with Gasteiger partial charge in [0.05, 0.1) is 5.69 Å². The number of rotatable bonds is 3. The van der Waals surface area contributed by atoms with Crippen LogP contribution in [-0.4, -0.2) is 55.3 Å². The molecule has 0 bridgehead atoms. The lowest BCUT2D eigenvalue weighted by molar-refractivity contribution is 0.196. The van der Waals surface area contributed by atoms with Gasteiger partial charge in [0, 0.05) is 32.4 Å². The van der Waals surface area contributed by atoms with Crippen molar-refractivity contribution in [3.05, 3.63) is 18.3 Å². The summed E-state index contributed by atoms with van der Waals surface area (Å²) in [4.78, 5) is 6.11. The molecule has 1 fully saturated rings. The Kier molecular flexibility index (Phi) is 3.84. The average molecular weight is 270 g/mol. The van der Waals surface area contributed by atoms with E-state index in [1.165, 1.54) is 10.5 Å². The van der Waals surface area contributed by atoms with E-state index < -0.39 is 10.0 Å². The van der Waals surface area contributed by atoms with Gasteiger partial charge in [-0.05, 0) is 18.7 Å². The molecule has 100 valence electrons. The highest BCUT2D eigenvalue weighted by Gasteiger charge is 2.30. The molecular weight excluding hydrogens is 252 g/mol. The Balaban J connectivity index is 2.20. The van der Waals surface area contributed by atoms with Crippen LogP contribution >= 0.6 is 0 Å². The molecule has 2 heterocycles. The van der Waals surface area contributed by atoms with E-state index in [9.17, 15) is 8.42 Å². The van der Waals surface area contributed by atoms with Crippen molar-refractivity contribution < 1.29 is 8.42 Å². The van der Waals surface area contributed by atoms with Gasteiger partial charge in [0.1, 0.15) is 0 Å². The first-order valence-corrected chi connectivity index (χ1v) is 7.42. The van der Waals surface area contributed by atoms with Crippen LogP contribution in [0.1, 0.15) is 6.92 Å². The zero-order valence-electron chi connectivity index (χ0n) is 10.4. The van der Waals surface area contributed by atoms with Gasteiger partial charge in [-0.15, -0.1) is 0 Å². The summed E-state index contributed by atoms with van der Waals surface area (Å²) in [6, 6.07) is 3.19. The molecule has 0 amide bonds. The summed E-state index contributed by atoms with van der Waals surface area (Å²) in [5.41, 5.74) is 5.89. The zero-order chi connectivity index (χ0) is 13.2. The van der Waals surface area contributed by atoms with E-state index in [-0.39, 0.29) is 10.7 Å². The molecule has 0 saturated carbocycles. The van der Waals surface area contributed by atoms with Crippen LogP contribution in [0, 0.1) is 0 Å². The molecular formula is C11H18N4O2S. The fourth-order valence-corrected chi connectivity index (χ4v) is 3.48. The van der Waals surface area contributed by atoms with Crippen molar-refractivity contribution in [3.63, 3.8) is 0 Å². The Morgan fingerprint density at radius 3 is 2.56 bits per heavy atom. The lowest BCUT2D eigenvalue weighted by Crippen LogP contribution is -2.48. The van der Waals surface area contributed by atoms with Crippen LogP contribution in [0.15, 0.2) is 23.4 Å². The first-order chi connectivity index (χ1) is 8.55. The minimum atomic E-state index is -3.55. The van der Waals surface area contributed by atoms with Crippen LogP contribution in [0.25, 0.3) is 0 Å². The van der Waals surface area contributed by atoms with Crippen LogP contribution in [0.5, 0.6) is 0 Å². The molecule has 2 N–H and O–H groups in total. The van der Waals surface area contributed by atoms with Gasteiger partial charge in [-0.3, -0.25) is 0 Å². The molecule has 0 atom stereocenters. The van der Waals surface area contributed by atoms with Crippen molar-refractivity contribution in [2.24, 2.45) is 0 Å². The van der Waals surface area contributed by atoms with Crippen LogP contribution in [0.3, 0.4) is 0 Å². The van der Waals surface area contributed by atoms with Crippen molar-refractivity contribution in [1.82, 2.24) is 14.2 Å². The smallest absolute Gasteiger partial charge is 0.262 e. The molecule has 1 saturated heterocycles. The Hall–Kier alpha value is -1.18. The maximum Gasteiger partial charge on any atom is 0.262 e. The number of likely N-dealkylation sites (N-methyl/N-ethyl adjacent to an activating group) is 1. The van der Waals surface area contributed by atoms with Gasteiger partial charge in [0.25, 0.3) is 10.0 Å². The van der Waals surface area contributed by atoms with Gasteiger partial charge in [-0.2, -0.15) is 4.31 Å². The number of hydrogen-bond donors (Lipinski definition) is 1. The van der Waals surface area contributed by atoms with E-state index in [1.807, 2.05) is 0 Å². The fraction of sp³-hybridized carbons (Fsp3) is 0.545. The molecule has 1 aliphatic heterocycles. The molecule has 1 aliphatic rings. The Morgan fingerprint density at radius 1 is 1.33 bits per heavy atom. The zero-order valence-corrected chi connectivity index (χ0v) is 11.2. The van der Waals surface area contributed by atoms with Crippen molar-refractivity contribution in [2.45, 2.75) is 11.9 Å². The number of nitrogen functional groups attached to an aromatic ring is 1. The third kappa shape index (κ3) is 2.47. The van der Waals surface area contributed by atoms with Gasteiger partial charge >= 0.3 is 0 Å². The van der Waals surface area contributed by atoms with E-state index in [0.717, 1.165) is 19.6 Å². The monoisotopic (exact) mass is 270 g/mol. The summed E-state index contributed by atoms with van der Waals surface area (Å²) in [5.74, 6) is 0. The predicted octanol–water partition coefficient (Wildman–Crippen LogP) is -0.0100. The lowest BCUT2D eigenvalue weighted by atomic mass is 10.4. The van der Waals surface area contributed by atoms with Gasteiger partial charge in [-0.25, -0.2) is 13.4 Å². The highest BCUT2D eigenvalue weighted by Crippen LogP contribution is 2.20. The molecule has 2 rings (SSSR count). The minimum absolute atomic E-state index is 0.0325. The number of sulfonamides is 1. The molecule has 1 aromatic heterocycles. The summed E-state index contributed by atoms with van der Waals surface area (Å²) in [6.45, 7) is 5.50. The number of piperazine rings is 1. The Labute approximate surface area is 107 Å². The standard InChI is InChI=1S/C11H18N4O2S/c1-2-14-6-8-15(9-7-14)18(16,17)11-10(12)4-3-5-13-11/h3-5H,2,6-9,12H2,1H3. The summed E-state index contributed by atoms with van der Waals surface area (Å²) < 4.78 is 26.2. The van der Waals surface area contributed by atoms with Crippen LogP contribution in [0.2, 0.25) is 0 Å². The molecule has 0 aliphatic carbocycles. The van der Waals surface area contributed by atoms with E-state index in [1.54, 1.807) is 12.1 Å². The Bertz CT molecular complexity index is 510. The summed E-state index contributed by atoms with van der Waals surface area (Å²) >= 11 is 0. The van der Waals surface area contributed by atoms with Gasteiger partial charge in [-0.1, -0.05) is 6.92 Å². The van der Waals surface area contributed by atoms with Gasteiger partial charge < -0.3 is 10.6 Å². The first-order valence-electron chi connectivity index (χ1n) is 5.98. The quantitative estimate of drug-likeness (QED) is 0.835. The SMILES string of the molecule is CCN1CCN(S(=O)(=O)c2ncccc2N)CC1. The van der Waals surface area contributed by atoms with E-state index in [0.29, 0.717) is 13.1 Å². The van der Waals surface area contributed by atoms with Crippen molar-refractivity contribution in [3.8, 4) is 0 Å². The molecule has 6 nitrogen and oxygen atoms in total. The van der Waals surface area contributed by atoms with E-state index in [2.05, 4.69) is 16.8 Å². The van der Waals surface area contributed by atoms with Crippen LogP contribution < -0.4 is 5.73 Å². The van der Waals surface area contributed by atoms with Gasteiger partial charge in [0.2, 0.25) is 0 Å². The summed E-state index contributed by atoms with van der Waals surface area (Å²) in [5, 5.41) is -0.0325. The third-order valence-corrected chi connectivity index (χ3v) is 5.04. The minimum Gasteiger partial charge on any atom is -0.396 e. The van der Waals surface area contributed by atoms with Crippen molar-refractivity contribution >= 4 is 15.7 Å². The first kappa shape index (κ1) is 13.3. The maximum atomic E-state index is 12.4. The molecule has 18 heavy (non-hydrogen) atoms. The largest absolute Gasteiger partial charge is 0.396 e. The predicted molar refractivity (Wildman–Crippen MR) is 69.5 cm³/mol. The third-order valence-electron chi connectivity index (χ3n) is 3.16. The second-order valence-corrected chi connectivity index (χ2v) is 6.09. The van der Waals surface area contributed by atoms with Gasteiger partial charge in [0.15, 0.2) is 5.03 Å². The molecule has 0 radical (unpaired) electrons. The fourth-order valence-electron chi connectivity index (χ4n) is 2.03. The second kappa shape index (κ2) is 5.21. The maximum absolute atomic E-state index is 12.4. The number of hydrogen-bond acceptors (Lipinski definition) is 5. The molecule has 0 spiro atoms. The molecule has 7 heteroatoms. The lowest BCUT2D eigenvalue weighted by Gasteiger charge is -2.33. The highest BCUT2D eigenvalue weighted by molar-refractivity contribution is 7.89. The van der Waals surface area contributed by atoms with E-state index in [4.69, 9.17) is 5.73 Å². The number of pyridine rings is 1. The molecule has 0 unspecified atom stereocenters. The normalized spacial score (nSPS) is 18.9. The second-order valence-electron chi connectivity index (χ2n) is 4.24.